The Balaban J connectivity index is 1.31. The fourth-order valence-electron chi connectivity index (χ4n) is 4.28. The standard InChI is InChI=1S/C23H28N4O5/c28-14-19-2-1-9-27(19)22(29)18-5-3-17(4-6-18)20-12-25-21(13-24-20)32-15-16-7-10-26(11-8-16)23(30)31/h3-6,12-13,16,19,28H,1-2,7-11,14-15H2,(H,30,31)/t19-/m0/s1. The molecule has 3 heterocycles. The van der Waals surface area contributed by atoms with Crippen LogP contribution in [0, 0.1) is 5.92 Å². The molecule has 4 rings (SSSR count). The number of hydrogen-bond donors (Lipinski definition) is 2. The zero-order chi connectivity index (χ0) is 22.5. The Morgan fingerprint density at radius 2 is 1.78 bits per heavy atom. The minimum absolute atomic E-state index is 0.00460. The molecule has 9 nitrogen and oxygen atoms in total. The Hall–Kier alpha value is -3.20. The summed E-state index contributed by atoms with van der Waals surface area (Å²) in [6.45, 7) is 2.23. The lowest BCUT2D eigenvalue weighted by atomic mass is 9.98. The first-order valence-electron chi connectivity index (χ1n) is 11.0. The lowest BCUT2D eigenvalue weighted by Gasteiger charge is -2.29. The van der Waals surface area contributed by atoms with E-state index in [1.165, 1.54) is 4.90 Å². The van der Waals surface area contributed by atoms with Crippen LogP contribution in [0.3, 0.4) is 0 Å². The molecule has 9 heteroatoms. The Morgan fingerprint density at radius 1 is 1.03 bits per heavy atom. The molecule has 32 heavy (non-hydrogen) atoms. The van der Waals surface area contributed by atoms with Gasteiger partial charge in [0.25, 0.3) is 5.91 Å². The van der Waals surface area contributed by atoms with E-state index in [1.54, 1.807) is 29.4 Å². The molecule has 0 bridgehead atoms. The summed E-state index contributed by atoms with van der Waals surface area (Å²) in [5, 5.41) is 18.5. The van der Waals surface area contributed by atoms with Crippen LogP contribution in [0.15, 0.2) is 36.7 Å². The van der Waals surface area contributed by atoms with Gasteiger partial charge >= 0.3 is 6.09 Å². The van der Waals surface area contributed by atoms with Crippen LogP contribution < -0.4 is 4.74 Å². The van der Waals surface area contributed by atoms with Crippen molar-refractivity contribution < 1.29 is 24.5 Å². The summed E-state index contributed by atoms with van der Waals surface area (Å²) in [7, 11) is 0. The van der Waals surface area contributed by atoms with Crippen molar-refractivity contribution in [2.24, 2.45) is 5.92 Å². The summed E-state index contributed by atoms with van der Waals surface area (Å²) >= 11 is 0. The molecule has 2 amide bonds. The highest BCUT2D eigenvalue weighted by Gasteiger charge is 2.28. The van der Waals surface area contributed by atoms with E-state index in [9.17, 15) is 14.7 Å². The number of carbonyl (C=O) groups excluding carboxylic acids is 1. The SMILES string of the molecule is O=C(O)N1CCC(COc2cnc(-c3ccc(C(=O)N4CCC[C@H]4CO)cc3)cn2)CC1. The lowest BCUT2D eigenvalue weighted by Crippen LogP contribution is -2.38. The van der Waals surface area contributed by atoms with E-state index in [0.717, 1.165) is 31.2 Å². The molecule has 2 saturated heterocycles. The molecule has 2 fully saturated rings. The number of amides is 2. The lowest BCUT2D eigenvalue weighted by molar-refractivity contribution is 0.0677. The predicted octanol–water partition coefficient (Wildman–Crippen LogP) is 2.51. The number of hydrogen-bond acceptors (Lipinski definition) is 6. The maximum absolute atomic E-state index is 12.7. The zero-order valence-corrected chi connectivity index (χ0v) is 17.9. The number of benzene rings is 1. The van der Waals surface area contributed by atoms with E-state index in [0.29, 0.717) is 49.3 Å². The van der Waals surface area contributed by atoms with Crippen molar-refractivity contribution in [1.82, 2.24) is 19.8 Å². The first-order valence-corrected chi connectivity index (χ1v) is 11.0. The van der Waals surface area contributed by atoms with Crippen molar-refractivity contribution in [2.75, 3.05) is 32.8 Å². The predicted molar refractivity (Wildman–Crippen MR) is 116 cm³/mol. The summed E-state index contributed by atoms with van der Waals surface area (Å²) in [5.41, 5.74) is 2.12. The van der Waals surface area contributed by atoms with Crippen molar-refractivity contribution >= 4 is 12.0 Å². The number of likely N-dealkylation sites (tertiary alicyclic amines) is 2. The second kappa shape index (κ2) is 9.95. The summed E-state index contributed by atoms with van der Waals surface area (Å²) in [5.74, 6) is 0.681. The highest BCUT2D eigenvalue weighted by Crippen LogP contribution is 2.23. The first kappa shape index (κ1) is 22.0. The van der Waals surface area contributed by atoms with Gasteiger partial charge in [-0.05, 0) is 43.7 Å². The minimum atomic E-state index is -0.867. The quantitative estimate of drug-likeness (QED) is 0.709. The third-order valence-electron chi connectivity index (χ3n) is 6.26. The maximum Gasteiger partial charge on any atom is 0.407 e. The van der Waals surface area contributed by atoms with Crippen LogP contribution in [0.2, 0.25) is 0 Å². The summed E-state index contributed by atoms with van der Waals surface area (Å²) in [6, 6.07) is 7.15. The van der Waals surface area contributed by atoms with E-state index in [-0.39, 0.29) is 18.6 Å². The molecule has 1 atom stereocenters. The fourth-order valence-corrected chi connectivity index (χ4v) is 4.28. The van der Waals surface area contributed by atoms with Crippen molar-refractivity contribution in [3.05, 3.63) is 42.2 Å². The average Bonchev–Trinajstić information content (AvgIpc) is 3.32. The Morgan fingerprint density at radius 3 is 2.41 bits per heavy atom. The van der Waals surface area contributed by atoms with Crippen LogP contribution in [-0.2, 0) is 0 Å². The van der Waals surface area contributed by atoms with Crippen LogP contribution in [0.1, 0.15) is 36.0 Å². The monoisotopic (exact) mass is 440 g/mol. The van der Waals surface area contributed by atoms with Gasteiger partial charge in [-0.15, -0.1) is 0 Å². The number of aromatic nitrogens is 2. The Bertz CT molecular complexity index is 926. The van der Waals surface area contributed by atoms with Gasteiger partial charge in [0.2, 0.25) is 5.88 Å². The molecule has 0 radical (unpaired) electrons. The van der Waals surface area contributed by atoms with Gasteiger partial charge in [-0.1, -0.05) is 12.1 Å². The molecule has 1 aromatic heterocycles. The number of carbonyl (C=O) groups is 2. The molecule has 0 saturated carbocycles. The molecule has 170 valence electrons. The molecule has 2 aliphatic rings. The van der Waals surface area contributed by atoms with Gasteiger partial charge in [-0.2, -0.15) is 0 Å². The van der Waals surface area contributed by atoms with Crippen molar-refractivity contribution in [3.63, 3.8) is 0 Å². The van der Waals surface area contributed by atoms with Crippen LogP contribution >= 0.6 is 0 Å². The van der Waals surface area contributed by atoms with Gasteiger partial charge in [0.05, 0.1) is 37.3 Å². The van der Waals surface area contributed by atoms with Crippen molar-refractivity contribution in [2.45, 2.75) is 31.7 Å². The van der Waals surface area contributed by atoms with Crippen LogP contribution in [0.5, 0.6) is 5.88 Å². The van der Waals surface area contributed by atoms with Gasteiger partial charge in [-0.25, -0.2) is 14.8 Å². The zero-order valence-electron chi connectivity index (χ0n) is 17.9. The second-order valence-corrected chi connectivity index (χ2v) is 8.32. The van der Waals surface area contributed by atoms with Gasteiger partial charge in [0.15, 0.2) is 0 Å². The third kappa shape index (κ3) is 4.99. The molecule has 2 N–H and O–H groups in total. The Kier molecular flexibility index (Phi) is 6.84. The first-order chi connectivity index (χ1) is 15.5. The van der Waals surface area contributed by atoms with Crippen molar-refractivity contribution in [3.8, 4) is 17.1 Å². The average molecular weight is 441 g/mol. The maximum atomic E-state index is 12.7. The highest BCUT2D eigenvalue weighted by atomic mass is 16.5. The molecule has 0 aliphatic carbocycles. The summed E-state index contributed by atoms with van der Waals surface area (Å²) < 4.78 is 5.75. The number of nitrogens with zero attached hydrogens (tertiary/aromatic N) is 4. The molecular weight excluding hydrogens is 412 g/mol. The number of aliphatic hydroxyl groups excluding tert-OH is 1. The normalized spacial score (nSPS) is 19.2. The van der Waals surface area contributed by atoms with Crippen LogP contribution in [0.4, 0.5) is 4.79 Å². The van der Waals surface area contributed by atoms with E-state index in [1.807, 2.05) is 12.1 Å². The van der Waals surface area contributed by atoms with Crippen LogP contribution in [0.25, 0.3) is 11.3 Å². The number of carboxylic acid groups (broad SMARTS) is 1. The number of aliphatic hydroxyl groups is 1. The topological polar surface area (TPSA) is 116 Å². The molecular formula is C23H28N4O5. The molecule has 0 spiro atoms. The number of piperidine rings is 1. The number of rotatable bonds is 6. The third-order valence-corrected chi connectivity index (χ3v) is 6.26. The molecule has 2 aliphatic heterocycles. The number of ether oxygens (including phenoxy) is 1. The highest BCUT2D eigenvalue weighted by molar-refractivity contribution is 5.95. The van der Waals surface area contributed by atoms with Crippen molar-refractivity contribution in [1.29, 1.82) is 0 Å². The summed E-state index contributed by atoms with van der Waals surface area (Å²) in [6.07, 6.45) is 5.66. The van der Waals surface area contributed by atoms with Gasteiger partial charge in [-0.3, -0.25) is 4.79 Å². The van der Waals surface area contributed by atoms with Gasteiger partial charge < -0.3 is 24.7 Å². The summed E-state index contributed by atoms with van der Waals surface area (Å²) in [4.78, 5) is 35.6. The minimum Gasteiger partial charge on any atom is -0.476 e. The van der Waals surface area contributed by atoms with E-state index >= 15 is 0 Å². The van der Waals surface area contributed by atoms with E-state index in [4.69, 9.17) is 9.84 Å². The van der Waals surface area contributed by atoms with Gasteiger partial charge in [0, 0.05) is 30.8 Å². The molecule has 1 aromatic carbocycles. The molecule has 0 unspecified atom stereocenters. The van der Waals surface area contributed by atoms with Crippen LogP contribution in [-0.4, -0.2) is 80.9 Å². The van der Waals surface area contributed by atoms with Gasteiger partial charge in [0.1, 0.15) is 0 Å². The largest absolute Gasteiger partial charge is 0.476 e. The smallest absolute Gasteiger partial charge is 0.407 e. The van der Waals surface area contributed by atoms with E-state index in [2.05, 4.69) is 9.97 Å². The molecule has 2 aromatic rings. The fraction of sp³-hybridized carbons (Fsp3) is 0.478. The second-order valence-electron chi connectivity index (χ2n) is 8.32. The Labute approximate surface area is 186 Å². The van der Waals surface area contributed by atoms with E-state index < -0.39 is 6.09 Å².